The number of halogens is 1. The van der Waals surface area contributed by atoms with E-state index in [1.54, 1.807) is 30.0 Å². The van der Waals surface area contributed by atoms with E-state index in [4.69, 9.17) is 0 Å². The van der Waals surface area contributed by atoms with Crippen molar-refractivity contribution in [2.75, 3.05) is 0 Å². The summed E-state index contributed by atoms with van der Waals surface area (Å²) >= 11 is 1.65. The Balaban J connectivity index is 2.12. The van der Waals surface area contributed by atoms with E-state index in [-0.39, 0.29) is 11.6 Å². The van der Waals surface area contributed by atoms with Gasteiger partial charge in [0.1, 0.15) is 5.82 Å². The maximum atomic E-state index is 13.0. The summed E-state index contributed by atoms with van der Waals surface area (Å²) < 4.78 is 13.0. The fourth-order valence-corrected chi connectivity index (χ4v) is 3.47. The van der Waals surface area contributed by atoms with Crippen LogP contribution in [0, 0.1) is 12.7 Å². The summed E-state index contributed by atoms with van der Waals surface area (Å²) in [6.07, 6.45) is 7.27. The lowest BCUT2D eigenvalue weighted by molar-refractivity contribution is 0.104. The molecule has 0 spiro atoms. The van der Waals surface area contributed by atoms with Gasteiger partial charge in [-0.05, 0) is 67.1 Å². The van der Waals surface area contributed by atoms with Crippen LogP contribution in [0.25, 0.3) is 0 Å². The van der Waals surface area contributed by atoms with Gasteiger partial charge in [-0.25, -0.2) is 4.39 Å². The first-order valence-electron chi connectivity index (χ1n) is 8.83. The van der Waals surface area contributed by atoms with Crippen LogP contribution in [0.5, 0.6) is 0 Å². The molecule has 0 bridgehead atoms. The molecular formula is C22H25FOS. The standard InChI is InChI=1S/C22H25FOS/c1-3-4-5-6-7-21(25-20-14-8-17(2)9-15-20)16-22(24)18-10-12-19(23)13-11-18/h8-16H,3-7H2,1-2H3/b21-16+. The van der Waals surface area contributed by atoms with Gasteiger partial charge in [-0.3, -0.25) is 4.79 Å². The van der Waals surface area contributed by atoms with E-state index in [2.05, 4.69) is 38.1 Å². The summed E-state index contributed by atoms with van der Waals surface area (Å²) in [6.45, 7) is 4.25. The van der Waals surface area contributed by atoms with Crippen molar-refractivity contribution in [1.82, 2.24) is 0 Å². The summed E-state index contributed by atoms with van der Waals surface area (Å²) in [6, 6.07) is 14.1. The molecule has 25 heavy (non-hydrogen) atoms. The molecule has 0 radical (unpaired) electrons. The Morgan fingerprint density at radius 3 is 2.32 bits per heavy atom. The number of thioether (sulfide) groups is 1. The molecule has 0 aliphatic rings. The fraction of sp³-hybridized carbons (Fsp3) is 0.318. The van der Waals surface area contributed by atoms with Gasteiger partial charge < -0.3 is 0 Å². The number of aryl methyl sites for hydroxylation is 1. The van der Waals surface area contributed by atoms with Gasteiger partial charge in [0.2, 0.25) is 0 Å². The van der Waals surface area contributed by atoms with Crippen LogP contribution in [0.2, 0.25) is 0 Å². The van der Waals surface area contributed by atoms with Gasteiger partial charge in [0.05, 0.1) is 0 Å². The number of carbonyl (C=O) groups excluding carboxylic acids is 1. The molecule has 2 aromatic rings. The molecule has 0 N–H and O–H groups in total. The van der Waals surface area contributed by atoms with Crippen molar-refractivity contribution in [3.05, 3.63) is 76.5 Å². The molecule has 0 amide bonds. The third-order valence-electron chi connectivity index (χ3n) is 3.97. The first kappa shape index (κ1) is 19.5. The van der Waals surface area contributed by atoms with E-state index >= 15 is 0 Å². The van der Waals surface area contributed by atoms with Gasteiger partial charge in [0.15, 0.2) is 5.78 Å². The topological polar surface area (TPSA) is 17.1 Å². The molecule has 0 fully saturated rings. The Morgan fingerprint density at radius 1 is 1.00 bits per heavy atom. The van der Waals surface area contributed by atoms with Gasteiger partial charge in [-0.1, -0.05) is 55.6 Å². The molecule has 0 atom stereocenters. The van der Waals surface area contributed by atoms with E-state index in [1.165, 1.54) is 37.0 Å². The summed E-state index contributed by atoms with van der Waals surface area (Å²) in [7, 11) is 0. The number of ketones is 1. The van der Waals surface area contributed by atoms with Crippen LogP contribution in [0.1, 0.15) is 54.9 Å². The SMILES string of the molecule is CCCCCC/C(=C\C(=O)c1ccc(F)cc1)Sc1ccc(C)cc1. The van der Waals surface area contributed by atoms with E-state index in [0.717, 1.165) is 22.6 Å². The summed E-state index contributed by atoms with van der Waals surface area (Å²) in [5, 5.41) is 0. The highest BCUT2D eigenvalue weighted by atomic mass is 32.2. The second kappa shape index (κ2) is 10.2. The van der Waals surface area contributed by atoms with Gasteiger partial charge in [0.25, 0.3) is 0 Å². The van der Waals surface area contributed by atoms with Crippen molar-refractivity contribution in [1.29, 1.82) is 0 Å². The zero-order valence-electron chi connectivity index (χ0n) is 14.9. The van der Waals surface area contributed by atoms with E-state index in [0.29, 0.717) is 5.56 Å². The first-order chi connectivity index (χ1) is 12.1. The lowest BCUT2D eigenvalue weighted by Gasteiger charge is -2.08. The number of hydrogen-bond acceptors (Lipinski definition) is 2. The first-order valence-corrected chi connectivity index (χ1v) is 9.65. The van der Waals surface area contributed by atoms with Crippen molar-refractivity contribution < 1.29 is 9.18 Å². The molecule has 0 aliphatic carbocycles. The maximum absolute atomic E-state index is 13.0. The van der Waals surface area contributed by atoms with Crippen LogP contribution >= 0.6 is 11.8 Å². The molecule has 0 aliphatic heterocycles. The maximum Gasteiger partial charge on any atom is 0.186 e. The number of unbranched alkanes of at least 4 members (excludes halogenated alkanes) is 3. The molecule has 0 heterocycles. The molecule has 0 unspecified atom stereocenters. The van der Waals surface area contributed by atoms with Crippen molar-refractivity contribution in [2.45, 2.75) is 50.8 Å². The molecule has 2 rings (SSSR count). The fourth-order valence-electron chi connectivity index (χ4n) is 2.48. The molecule has 132 valence electrons. The van der Waals surface area contributed by atoms with E-state index < -0.39 is 0 Å². The van der Waals surface area contributed by atoms with Crippen molar-refractivity contribution >= 4 is 17.5 Å². The Bertz CT molecular complexity index is 702. The van der Waals surface area contributed by atoms with Gasteiger partial charge in [0, 0.05) is 10.5 Å². The third kappa shape index (κ3) is 6.87. The minimum atomic E-state index is -0.325. The second-order valence-electron chi connectivity index (χ2n) is 6.21. The van der Waals surface area contributed by atoms with E-state index in [1.807, 2.05) is 0 Å². The summed E-state index contributed by atoms with van der Waals surface area (Å²) in [4.78, 5) is 14.7. The molecule has 2 aromatic carbocycles. The summed E-state index contributed by atoms with van der Waals surface area (Å²) in [5.41, 5.74) is 1.75. The second-order valence-corrected chi connectivity index (χ2v) is 7.41. The Kier molecular flexibility index (Phi) is 7.93. The monoisotopic (exact) mass is 356 g/mol. The van der Waals surface area contributed by atoms with Gasteiger partial charge in [-0.15, -0.1) is 0 Å². The molecule has 1 nitrogen and oxygen atoms in total. The lowest BCUT2D eigenvalue weighted by Crippen LogP contribution is -1.96. The lowest BCUT2D eigenvalue weighted by atomic mass is 10.1. The van der Waals surface area contributed by atoms with Crippen LogP contribution in [0.4, 0.5) is 4.39 Å². The molecule has 0 aromatic heterocycles. The predicted octanol–water partition coefficient (Wildman–Crippen LogP) is 6.96. The molecular weight excluding hydrogens is 331 g/mol. The number of benzene rings is 2. The van der Waals surface area contributed by atoms with Crippen LogP contribution in [-0.4, -0.2) is 5.78 Å². The highest BCUT2D eigenvalue weighted by Gasteiger charge is 2.08. The average molecular weight is 357 g/mol. The minimum Gasteiger partial charge on any atom is -0.289 e. The average Bonchev–Trinajstić information content (AvgIpc) is 2.61. The number of carbonyl (C=O) groups is 1. The van der Waals surface area contributed by atoms with Gasteiger partial charge in [-0.2, -0.15) is 0 Å². The van der Waals surface area contributed by atoms with E-state index in [9.17, 15) is 9.18 Å². The summed E-state index contributed by atoms with van der Waals surface area (Å²) in [5.74, 6) is -0.389. The minimum absolute atomic E-state index is 0.0647. The van der Waals surface area contributed by atoms with Crippen LogP contribution in [-0.2, 0) is 0 Å². The quantitative estimate of drug-likeness (QED) is 0.209. The van der Waals surface area contributed by atoms with Gasteiger partial charge >= 0.3 is 0 Å². The normalized spacial score (nSPS) is 11.6. The number of rotatable bonds is 9. The van der Waals surface area contributed by atoms with Crippen LogP contribution in [0.3, 0.4) is 0 Å². The van der Waals surface area contributed by atoms with Crippen molar-refractivity contribution in [3.8, 4) is 0 Å². The highest BCUT2D eigenvalue weighted by Crippen LogP contribution is 2.31. The molecule has 3 heteroatoms. The Labute approximate surface area is 154 Å². The Hall–Kier alpha value is -1.87. The van der Waals surface area contributed by atoms with Crippen molar-refractivity contribution in [3.63, 3.8) is 0 Å². The molecule has 0 saturated heterocycles. The van der Waals surface area contributed by atoms with Crippen molar-refractivity contribution in [2.24, 2.45) is 0 Å². The number of hydrogen-bond donors (Lipinski definition) is 0. The molecule has 0 saturated carbocycles. The predicted molar refractivity (Wildman–Crippen MR) is 105 cm³/mol. The van der Waals surface area contributed by atoms with Crippen LogP contribution in [0.15, 0.2) is 64.4 Å². The Morgan fingerprint density at radius 2 is 1.68 bits per heavy atom. The zero-order valence-corrected chi connectivity index (χ0v) is 15.7. The largest absolute Gasteiger partial charge is 0.289 e. The smallest absolute Gasteiger partial charge is 0.186 e. The third-order valence-corrected chi connectivity index (χ3v) is 5.06. The highest BCUT2D eigenvalue weighted by molar-refractivity contribution is 8.03. The zero-order chi connectivity index (χ0) is 18.1. The van der Waals surface area contributed by atoms with Crippen LogP contribution < -0.4 is 0 Å². The number of allylic oxidation sites excluding steroid dienone is 2.